The fourth-order valence-electron chi connectivity index (χ4n) is 2.44. The number of phenolic OH excluding ortho intramolecular Hbond substituents is 1. The molecule has 1 amide bonds. The predicted molar refractivity (Wildman–Crippen MR) is 97.6 cm³/mol. The SMILES string of the molecule is O=C(c1cc(I)cc(I)c1O)N1CCCN(CCO)CC1. The summed E-state index contributed by atoms with van der Waals surface area (Å²) in [6, 6.07) is 3.58. The minimum absolute atomic E-state index is 0.0671. The molecule has 7 heteroatoms. The highest BCUT2D eigenvalue weighted by molar-refractivity contribution is 14.1. The van der Waals surface area contributed by atoms with Crippen molar-refractivity contribution in [1.82, 2.24) is 9.80 Å². The maximum atomic E-state index is 12.6. The van der Waals surface area contributed by atoms with Crippen molar-refractivity contribution in [2.75, 3.05) is 39.3 Å². The lowest BCUT2D eigenvalue weighted by molar-refractivity contribution is 0.0757. The van der Waals surface area contributed by atoms with Crippen molar-refractivity contribution < 1.29 is 15.0 Å². The normalized spacial score (nSPS) is 16.8. The van der Waals surface area contributed by atoms with Crippen molar-refractivity contribution in [3.05, 3.63) is 24.8 Å². The number of hydrogen-bond acceptors (Lipinski definition) is 4. The molecule has 0 atom stereocenters. The van der Waals surface area contributed by atoms with Gasteiger partial charge < -0.3 is 15.1 Å². The number of carbonyl (C=O) groups excluding carboxylic acids is 1. The second-order valence-electron chi connectivity index (χ2n) is 4.99. The first-order valence-corrected chi connectivity index (χ1v) is 8.99. The second-order valence-corrected chi connectivity index (χ2v) is 7.40. The molecule has 0 saturated carbocycles. The number of aliphatic hydroxyl groups excluding tert-OH is 1. The Bertz CT molecular complexity index is 525. The molecule has 116 valence electrons. The van der Waals surface area contributed by atoms with Crippen molar-refractivity contribution in [3.63, 3.8) is 0 Å². The van der Waals surface area contributed by atoms with Gasteiger partial charge in [0.2, 0.25) is 0 Å². The van der Waals surface area contributed by atoms with Crippen molar-refractivity contribution in [3.8, 4) is 5.75 Å². The van der Waals surface area contributed by atoms with Gasteiger partial charge in [0.15, 0.2) is 0 Å². The third-order valence-electron chi connectivity index (χ3n) is 3.55. The molecule has 0 radical (unpaired) electrons. The second kappa shape index (κ2) is 7.93. The van der Waals surface area contributed by atoms with E-state index in [4.69, 9.17) is 5.11 Å². The molecular weight excluding hydrogens is 498 g/mol. The van der Waals surface area contributed by atoms with E-state index in [0.29, 0.717) is 28.8 Å². The highest BCUT2D eigenvalue weighted by Gasteiger charge is 2.23. The molecular formula is C14H18I2N2O3. The number of nitrogens with zero attached hydrogens (tertiary/aromatic N) is 2. The van der Waals surface area contributed by atoms with Crippen molar-refractivity contribution in [1.29, 1.82) is 0 Å². The first-order chi connectivity index (χ1) is 10.0. The van der Waals surface area contributed by atoms with Crippen molar-refractivity contribution in [2.45, 2.75) is 6.42 Å². The number of aromatic hydroxyl groups is 1. The van der Waals surface area contributed by atoms with Gasteiger partial charge in [-0.3, -0.25) is 9.69 Å². The van der Waals surface area contributed by atoms with Crippen LogP contribution in [0.15, 0.2) is 12.1 Å². The number of amides is 1. The van der Waals surface area contributed by atoms with E-state index in [0.717, 1.165) is 23.1 Å². The Morgan fingerprint density at radius 3 is 2.67 bits per heavy atom. The zero-order chi connectivity index (χ0) is 15.4. The molecule has 0 spiro atoms. The van der Waals surface area contributed by atoms with E-state index in [2.05, 4.69) is 27.5 Å². The summed E-state index contributed by atoms with van der Waals surface area (Å²) in [4.78, 5) is 16.6. The van der Waals surface area contributed by atoms with Gasteiger partial charge in [-0.25, -0.2) is 0 Å². The Morgan fingerprint density at radius 1 is 1.19 bits per heavy atom. The summed E-state index contributed by atoms with van der Waals surface area (Å²) in [6.45, 7) is 3.75. The molecule has 1 fully saturated rings. The molecule has 1 saturated heterocycles. The van der Waals surface area contributed by atoms with E-state index >= 15 is 0 Å². The molecule has 0 aromatic heterocycles. The lowest BCUT2D eigenvalue weighted by Crippen LogP contribution is -2.36. The summed E-state index contributed by atoms with van der Waals surface area (Å²) < 4.78 is 1.63. The Kier molecular flexibility index (Phi) is 6.51. The summed E-state index contributed by atoms with van der Waals surface area (Å²) in [5.41, 5.74) is 0.377. The first kappa shape index (κ1) is 17.2. The number of hydrogen-bond donors (Lipinski definition) is 2. The lowest BCUT2D eigenvalue weighted by atomic mass is 10.1. The average molecular weight is 516 g/mol. The van der Waals surface area contributed by atoms with Crippen molar-refractivity contribution in [2.24, 2.45) is 0 Å². The van der Waals surface area contributed by atoms with Crippen molar-refractivity contribution >= 4 is 51.1 Å². The molecule has 5 nitrogen and oxygen atoms in total. The van der Waals surface area contributed by atoms with Gasteiger partial charge in [-0.05, 0) is 70.3 Å². The Balaban J connectivity index is 2.13. The minimum Gasteiger partial charge on any atom is -0.506 e. The fourth-order valence-corrected chi connectivity index (χ4v) is 4.28. The number of β-amino-alcohol motifs (C(OH)–C–C–N with tert-alkyl or cyclic N) is 1. The van der Waals surface area contributed by atoms with Crippen LogP contribution >= 0.6 is 45.2 Å². The third-order valence-corrected chi connectivity index (χ3v) is 5.00. The third kappa shape index (κ3) is 4.42. The van der Waals surface area contributed by atoms with Crippen LogP contribution in [0.5, 0.6) is 5.75 Å². The Labute approximate surface area is 151 Å². The number of aliphatic hydroxyl groups is 1. The molecule has 0 unspecified atom stereocenters. The maximum absolute atomic E-state index is 12.6. The number of halogens is 2. The van der Waals surface area contributed by atoms with Crippen LogP contribution in [0.2, 0.25) is 0 Å². The van der Waals surface area contributed by atoms with Gasteiger partial charge in [-0.1, -0.05) is 0 Å². The topological polar surface area (TPSA) is 64.0 Å². The monoisotopic (exact) mass is 516 g/mol. The van der Waals surface area contributed by atoms with Gasteiger partial charge in [0.05, 0.1) is 15.7 Å². The molecule has 1 aliphatic heterocycles. The van der Waals surface area contributed by atoms with E-state index < -0.39 is 0 Å². The zero-order valence-corrected chi connectivity index (χ0v) is 15.9. The molecule has 1 heterocycles. The molecule has 2 rings (SSSR count). The maximum Gasteiger partial charge on any atom is 0.257 e. The number of rotatable bonds is 3. The fraction of sp³-hybridized carbons (Fsp3) is 0.500. The van der Waals surface area contributed by atoms with E-state index in [1.165, 1.54) is 0 Å². The smallest absolute Gasteiger partial charge is 0.257 e. The summed E-state index contributed by atoms with van der Waals surface area (Å²) in [7, 11) is 0. The molecule has 21 heavy (non-hydrogen) atoms. The van der Waals surface area contributed by atoms with Gasteiger partial charge in [0.25, 0.3) is 5.91 Å². The van der Waals surface area contributed by atoms with Gasteiger partial charge >= 0.3 is 0 Å². The van der Waals surface area contributed by atoms with Crippen LogP contribution in [-0.4, -0.2) is 65.3 Å². The molecule has 0 bridgehead atoms. The Morgan fingerprint density at radius 2 is 1.95 bits per heavy atom. The summed E-state index contributed by atoms with van der Waals surface area (Å²) in [6.07, 6.45) is 0.882. The average Bonchev–Trinajstić information content (AvgIpc) is 2.68. The van der Waals surface area contributed by atoms with Crippen LogP contribution in [0.3, 0.4) is 0 Å². The van der Waals surface area contributed by atoms with Crippen LogP contribution in [-0.2, 0) is 0 Å². The summed E-state index contributed by atoms with van der Waals surface area (Å²) in [5, 5.41) is 19.1. The van der Waals surface area contributed by atoms with Gasteiger partial charge in [0.1, 0.15) is 5.75 Å². The Hall–Kier alpha value is -0.130. The first-order valence-electron chi connectivity index (χ1n) is 6.83. The predicted octanol–water partition coefficient (Wildman–Crippen LogP) is 1.74. The number of benzene rings is 1. The molecule has 2 N–H and O–H groups in total. The van der Waals surface area contributed by atoms with E-state index in [1.54, 1.807) is 11.0 Å². The number of phenols is 1. The molecule has 0 aliphatic carbocycles. The van der Waals surface area contributed by atoms with Crippen LogP contribution < -0.4 is 0 Å². The van der Waals surface area contributed by atoms with Gasteiger partial charge in [-0.2, -0.15) is 0 Å². The van der Waals surface area contributed by atoms with Gasteiger partial charge in [-0.15, -0.1) is 0 Å². The zero-order valence-electron chi connectivity index (χ0n) is 11.6. The quantitative estimate of drug-likeness (QED) is 0.602. The highest BCUT2D eigenvalue weighted by atomic mass is 127. The largest absolute Gasteiger partial charge is 0.506 e. The van der Waals surface area contributed by atoms with Crippen LogP contribution in [0.1, 0.15) is 16.8 Å². The van der Waals surface area contributed by atoms with Gasteiger partial charge in [0, 0.05) is 29.7 Å². The summed E-state index contributed by atoms with van der Waals surface area (Å²) >= 11 is 4.19. The van der Waals surface area contributed by atoms with Crippen LogP contribution in [0.4, 0.5) is 0 Å². The molecule has 1 aromatic rings. The number of carbonyl (C=O) groups is 1. The minimum atomic E-state index is -0.116. The summed E-state index contributed by atoms with van der Waals surface area (Å²) in [5.74, 6) is -0.0488. The molecule has 1 aromatic carbocycles. The standard InChI is InChI=1S/C14H18I2N2O3/c15-10-8-11(13(20)12(16)9-10)14(21)18-3-1-2-17(4-5-18)6-7-19/h8-9,19-20H,1-7H2. The van der Waals surface area contributed by atoms with Crippen LogP contribution in [0.25, 0.3) is 0 Å². The van der Waals surface area contributed by atoms with E-state index in [9.17, 15) is 9.90 Å². The van der Waals surface area contributed by atoms with E-state index in [-0.39, 0.29) is 18.3 Å². The molecule has 1 aliphatic rings. The highest BCUT2D eigenvalue weighted by Crippen LogP contribution is 2.28. The van der Waals surface area contributed by atoms with Crippen LogP contribution in [0, 0.1) is 7.14 Å². The lowest BCUT2D eigenvalue weighted by Gasteiger charge is -2.22. The van der Waals surface area contributed by atoms with E-state index in [1.807, 2.05) is 28.7 Å².